The van der Waals surface area contributed by atoms with Gasteiger partial charge in [0.1, 0.15) is 5.69 Å². The van der Waals surface area contributed by atoms with Crippen LogP contribution in [-0.4, -0.2) is 41.8 Å². The van der Waals surface area contributed by atoms with Crippen LogP contribution in [0.3, 0.4) is 0 Å². The maximum atomic E-state index is 12.1. The van der Waals surface area contributed by atoms with Crippen LogP contribution in [-0.2, 0) is 11.3 Å². The third kappa shape index (κ3) is 2.89. The van der Waals surface area contributed by atoms with Gasteiger partial charge in [-0.25, -0.2) is 4.98 Å². The zero-order valence-electron chi connectivity index (χ0n) is 11.0. The molecule has 2 aliphatic heterocycles. The third-order valence-corrected chi connectivity index (χ3v) is 3.76. The molecule has 3 heterocycles. The molecular formula is C13H20N4O2. The lowest BCUT2D eigenvalue weighted by Crippen LogP contribution is -2.32. The normalized spacial score (nSPS) is 19.6. The predicted molar refractivity (Wildman–Crippen MR) is 71.2 cm³/mol. The van der Waals surface area contributed by atoms with Crippen LogP contribution < -0.4 is 10.6 Å². The van der Waals surface area contributed by atoms with Gasteiger partial charge in [0.2, 0.25) is 5.95 Å². The van der Waals surface area contributed by atoms with E-state index in [2.05, 4.69) is 15.6 Å². The summed E-state index contributed by atoms with van der Waals surface area (Å²) in [5.41, 5.74) is 0.511. The van der Waals surface area contributed by atoms with Crippen molar-refractivity contribution in [2.45, 2.75) is 25.8 Å². The first kappa shape index (κ1) is 12.5. The Hall–Kier alpha value is -1.56. The smallest absolute Gasteiger partial charge is 0.271 e. The molecule has 0 atom stereocenters. The second-order valence-electron chi connectivity index (χ2n) is 5.19. The summed E-state index contributed by atoms with van der Waals surface area (Å²) in [6.45, 7) is 4.20. The highest BCUT2D eigenvalue weighted by Gasteiger charge is 2.18. The van der Waals surface area contributed by atoms with E-state index in [1.54, 1.807) is 0 Å². The van der Waals surface area contributed by atoms with Gasteiger partial charge in [-0.3, -0.25) is 4.79 Å². The zero-order valence-corrected chi connectivity index (χ0v) is 11.0. The quantitative estimate of drug-likeness (QED) is 0.849. The van der Waals surface area contributed by atoms with Crippen molar-refractivity contribution in [2.24, 2.45) is 5.92 Å². The third-order valence-electron chi connectivity index (χ3n) is 3.76. The van der Waals surface area contributed by atoms with Gasteiger partial charge < -0.3 is 19.9 Å². The molecule has 1 fully saturated rings. The second-order valence-corrected chi connectivity index (χ2v) is 5.19. The number of fused-ring (bicyclic) bond motifs is 1. The molecule has 1 saturated heterocycles. The number of amides is 1. The molecule has 1 aromatic heterocycles. The van der Waals surface area contributed by atoms with Gasteiger partial charge >= 0.3 is 0 Å². The number of hydrogen-bond donors (Lipinski definition) is 2. The molecule has 0 unspecified atom stereocenters. The minimum absolute atomic E-state index is 0.0739. The molecule has 1 aromatic rings. The minimum atomic E-state index is -0.0739. The van der Waals surface area contributed by atoms with Gasteiger partial charge in [0, 0.05) is 39.0 Å². The average Bonchev–Trinajstić information content (AvgIpc) is 2.90. The molecule has 6 heteroatoms. The zero-order chi connectivity index (χ0) is 13.1. The van der Waals surface area contributed by atoms with Gasteiger partial charge in [-0.1, -0.05) is 0 Å². The first-order valence-corrected chi connectivity index (χ1v) is 7.00. The number of carbonyl (C=O) groups excluding carboxylic acids is 1. The summed E-state index contributed by atoms with van der Waals surface area (Å²) >= 11 is 0. The van der Waals surface area contributed by atoms with E-state index in [1.165, 1.54) is 0 Å². The van der Waals surface area contributed by atoms with Gasteiger partial charge in [0.15, 0.2) is 0 Å². The standard InChI is InChI=1S/C13H20N4O2/c18-12(15-8-10-2-6-19-7-3-10)11-9-17-5-1-4-14-13(17)16-11/h9-10H,1-8H2,(H,14,16)(H,15,18). The highest BCUT2D eigenvalue weighted by atomic mass is 16.5. The maximum Gasteiger partial charge on any atom is 0.271 e. The largest absolute Gasteiger partial charge is 0.381 e. The second kappa shape index (κ2) is 5.61. The Morgan fingerprint density at radius 3 is 3.16 bits per heavy atom. The van der Waals surface area contributed by atoms with Crippen molar-refractivity contribution in [3.05, 3.63) is 11.9 Å². The Morgan fingerprint density at radius 2 is 2.37 bits per heavy atom. The Bertz CT molecular complexity index is 428. The van der Waals surface area contributed by atoms with Crippen molar-refractivity contribution in [1.82, 2.24) is 14.9 Å². The lowest BCUT2D eigenvalue weighted by atomic mass is 10.0. The van der Waals surface area contributed by atoms with Gasteiger partial charge in [-0.05, 0) is 25.2 Å². The summed E-state index contributed by atoms with van der Waals surface area (Å²) in [7, 11) is 0. The van der Waals surface area contributed by atoms with E-state index >= 15 is 0 Å². The Labute approximate surface area is 112 Å². The number of nitrogens with zero attached hydrogens (tertiary/aromatic N) is 2. The molecule has 2 N–H and O–H groups in total. The van der Waals surface area contributed by atoms with E-state index in [4.69, 9.17) is 4.74 Å². The number of hydrogen-bond acceptors (Lipinski definition) is 4. The van der Waals surface area contributed by atoms with Crippen molar-refractivity contribution < 1.29 is 9.53 Å². The number of anilines is 1. The molecule has 3 rings (SSSR count). The first-order chi connectivity index (χ1) is 9.33. The van der Waals surface area contributed by atoms with Crippen LogP contribution in [0.15, 0.2) is 6.20 Å². The summed E-state index contributed by atoms with van der Waals surface area (Å²) < 4.78 is 7.32. The molecule has 2 aliphatic rings. The number of carbonyl (C=O) groups is 1. The fourth-order valence-electron chi connectivity index (χ4n) is 2.56. The van der Waals surface area contributed by atoms with Crippen LogP contribution in [0.4, 0.5) is 5.95 Å². The summed E-state index contributed by atoms with van der Waals surface area (Å²) in [4.78, 5) is 16.4. The van der Waals surface area contributed by atoms with Crippen molar-refractivity contribution in [2.75, 3.05) is 31.6 Å². The van der Waals surface area contributed by atoms with Crippen molar-refractivity contribution in [1.29, 1.82) is 0 Å². The van der Waals surface area contributed by atoms with Crippen LogP contribution >= 0.6 is 0 Å². The fraction of sp³-hybridized carbons (Fsp3) is 0.692. The van der Waals surface area contributed by atoms with Gasteiger partial charge in [-0.2, -0.15) is 0 Å². The van der Waals surface area contributed by atoms with Gasteiger partial charge in [-0.15, -0.1) is 0 Å². The Morgan fingerprint density at radius 1 is 1.53 bits per heavy atom. The van der Waals surface area contributed by atoms with Crippen molar-refractivity contribution >= 4 is 11.9 Å². The van der Waals surface area contributed by atoms with E-state index in [-0.39, 0.29) is 5.91 Å². The SMILES string of the molecule is O=C(NCC1CCOCC1)c1cn2c(n1)NCCC2. The molecule has 0 saturated carbocycles. The van der Waals surface area contributed by atoms with E-state index in [9.17, 15) is 4.79 Å². The molecule has 0 aliphatic carbocycles. The van der Waals surface area contributed by atoms with E-state index in [0.29, 0.717) is 11.6 Å². The lowest BCUT2D eigenvalue weighted by Gasteiger charge is -2.21. The molecule has 0 bridgehead atoms. The number of aryl methyl sites for hydroxylation is 1. The number of imidazole rings is 1. The number of ether oxygens (including phenoxy) is 1. The monoisotopic (exact) mass is 264 g/mol. The number of rotatable bonds is 3. The topological polar surface area (TPSA) is 68.2 Å². The highest BCUT2D eigenvalue weighted by Crippen LogP contribution is 2.15. The summed E-state index contributed by atoms with van der Waals surface area (Å²) in [5, 5.41) is 6.18. The number of nitrogens with one attached hydrogen (secondary N) is 2. The van der Waals surface area contributed by atoms with Crippen LogP contribution in [0.1, 0.15) is 29.8 Å². The van der Waals surface area contributed by atoms with E-state index < -0.39 is 0 Å². The predicted octanol–water partition coefficient (Wildman–Crippen LogP) is 0.855. The average molecular weight is 264 g/mol. The minimum Gasteiger partial charge on any atom is -0.381 e. The molecule has 0 aromatic carbocycles. The molecule has 1 amide bonds. The molecular weight excluding hydrogens is 244 g/mol. The summed E-state index contributed by atoms with van der Waals surface area (Å²) in [5.74, 6) is 1.27. The van der Waals surface area contributed by atoms with E-state index in [1.807, 2.05) is 10.8 Å². The lowest BCUT2D eigenvalue weighted by molar-refractivity contribution is 0.0642. The summed E-state index contributed by atoms with van der Waals surface area (Å²) in [6.07, 6.45) is 4.97. The molecule has 19 heavy (non-hydrogen) atoms. The van der Waals surface area contributed by atoms with Crippen LogP contribution in [0.5, 0.6) is 0 Å². The van der Waals surface area contributed by atoms with Crippen molar-refractivity contribution in [3.8, 4) is 0 Å². The molecule has 104 valence electrons. The number of aromatic nitrogens is 2. The van der Waals surface area contributed by atoms with E-state index in [0.717, 1.165) is 58.1 Å². The Kier molecular flexibility index (Phi) is 3.68. The highest BCUT2D eigenvalue weighted by molar-refractivity contribution is 5.92. The summed E-state index contributed by atoms with van der Waals surface area (Å²) in [6, 6.07) is 0. The molecule has 6 nitrogen and oxygen atoms in total. The van der Waals surface area contributed by atoms with Crippen LogP contribution in [0, 0.1) is 5.92 Å². The first-order valence-electron chi connectivity index (χ1n) is 7.00. The van der Waals surface area contributed by atoms with Crippen LogP contribution in [0.2, 0.25) is 0 Å². The Balaban J connectivity index is 1.56. The maximum absolute atomic E-state index is 12.1. The van der Waals surface area contributed by atoms with Gasteiger partial charge in [0.25, 0.3) is 5.91 Å². The van der Waals surface area contributed by atoms with Crippen LogP contribution in [0.25, 0.3) is 0 Å². The molecule has 0 radical (unpaired) electrons. The van der Waals surface area contributed by atoms with Crippen molar-refractivity contribution in [3.63, 3.8) is 0 Å². The van der Waals surface area contributed by atoms with Gasteiger partial charge in [0.05, 0.1) is 0 Å². The molecule has 0 spiro atoms. The fourth-order valence-corrected chi connectivity index (χ4v) is 2.56.